The van der Waals surface area contributed by atoms with Crippen LogP contribution in [0.1, 0.15) is 62.2 Å². The molecule has 2 saturated heterocycles. The van der Waals surface area contributed by atoms with Crippen LogP contribution in [0.3, 0.4) is 0 Å². The normalized spacial score (nSPS) is 20.9. The van der Waals surface area contributed by atoms with Gasteiger partial charge in [-0.25, -0.2) is 8.42 Å². The first-order chi connectivity index (χ1) is 18.2. The standard InChI is InChI=1S/C29H38N4O4S/c1-38(36,37)24-10-8-22(9-11-24)21-33-20-15-29(28(33)35)13-18-32(19-14-29)17-12-26(25-7-2-3-16-30-25)31-27(34)23-5-4-6-23/h2-3,7-11,16,23,26H,4-6,12-15,17-21H2,1H3,(H,31,34). The number of amides is 2. The van der Waals surface area contributed by atoms with E-state index in [-0.39, 0.29) is 29.2 Å². The lowest BCUT2D eigenvalue weighted by Crippen LogP contribution is -2.45. The molecule has 3 aliphatic rings. The molecular weight excluding hydrogens is 500 g/mol. The van der Waals surface area contributed by atoms with Crippen LogP contribution < -0.4 is 5.32 Å². The van der Waals surface area contributed by atoms with Gasteiger partial charge in [-0.2, -0.15) is 0 Å². The second-order valence-electron chi connectivity index (χ2n) is 11.2. The Hall–Kier alpha value is -2.78. The summed E-state index contributed by atoms with van der Waals surface area (Å²) in [7, 11) is -3.23. The zero-order chi connectivity index (χ0) is 26.8. The number of carbonyl (C=O) groups excluding carboxylic acids is 2. The molecule has 1 atom stereocenters. The van der Waals surface area contributed by atoms with Gasteiger partial charge in [0.05, 0.1) is 22.0 Å². The lowest BCUT2D eigenvalue weighted by Gasteiger charge is -2.38. The number of hydrogen-bond donors (Lipinski definition) is 1. The first-order valence-corrected chi connectivity index (χ1v) is 15.6. The van der Waals surface area contributed by atoms with Crippen molar-refractivity contribution in [2.24, 2.45) is 11.3 Å². The average Bonchev–Trinajstić information content (AvgIpc) is 3.16. The number of aromatic nitrogens is 1. The zero-order valence-electron chi connectivity index (χ0n) is 22.1. The fraction of sp³-hybridized carbons (Fsp3) is 0.552. The minimum atomic E-state index is -3.23. The van der Waals surface area contributed by atoms with Crippen LogP contribution in [0.2, 0.25) is 0 Å². The van der Waals surface area contributed by atoms with E-state index in [1.165, 1.54) is 6.26 Å². The van der Waals surface area contributed by atoms with Crippen molar-refractivity contribution in [1.29, 1.82) is 0 Å². The molecule has 38 heavy (non-hydrogen) atoms. The SMILES string of the molecule is CS(=O)(=O)c1ccc(CN2CCC3(CCN(CCC(NC(=O)C4CCC4)c4ccccn4)CC3)C2=O)cc1. The van der Waals surface area contributed by atoms with Gasteiger partial charge in [-0.1, -0.05) is 24.6 Å². The minimum Gasteiger partial charge on any atom is -0.347 e. The maximum Gasteiger partial charge on any atom is 0.229 e. The highest BCUT2D eigenvalue weighted by molar-refractivity contribution is 7.90. The van der Waals surface area contributed by atoms with Gasteiger partial charge >= 0.3 is 0 Å². The molecule has 1 aromatic heterocycles. The molecule has 1 spiro atoms. The van der Waals surface area contributed by atoms with Gasteiger partial charge < -0.3 is 15.1 Å². The molecule has 1 aliphatic carbocycles. The smallest absolute Gasteiger partial charge is 0.229 e. The van der Waals surface area contributed by atoms with E-state index >= 15 is 0 Å². The Balaban J connectivity index is 1.14. The van der Waals surface area contributed by atoms with E-state index in [0.29, 0.717) is 11.4 Å². The predicted molar refractivity (Wildman–Crippen MR) is 145 cm³/mol. The molecule has 2 amide bonds. The van der Waals surface area contributed by atoms with Crippen LogP contribution in [-0.4, -0.2) is 67.5 Å². The van der Waals surface area contributed by atoms with Crippen LogP contribution in [0.25, 0.3) is 0 Å². The number of carbonyl (C=O) groups is 2. The molecule has 0 radical (unpaired) electrons. The first kappa shape index (κ1) is 26.8. The molecule has 0 bridgehead atoms. The van der Waals surface area contributed by atoms with Crippen molar-refractivity contribution >= 4 is 21.7 Å². The molecule has 204 valence electrons. The van der Waals surface area contributed by atoms with Crippen molar-refractivity contribution in [3.8, 4) is 0 Å². The number of pyridine rings is 1. The van der Waals surface area contributed by atoms with Gasteiger partial charge in [0.15, 0.2) is 9.84 Å². The molecule has 2 aliphatic heterocycles. The number of piperidine rings is 1. The molecule has 3 heterocycles. The number of nitrogens with zero attached hydrogens (tertiary/aromatic N) is 3. The van der Waals surface area contributed by atoms with Crippen molar-refractivity contribution in [3.63, 3.8) is 0 Å². The van der Waals surface area contributed by atoms with Crippen LogP contribution in [0.5, 0.6) is 0 Å². The summed E-state index contributed by atoms with van der Waals surface area (Å²) in [6, 6.07) is 12.6. The van der Waals surface area contributed by atoms with Crippen molar-refractivity contribution in [3.05, 3.63) is 59.9 Å². The molecule has 1 N–H and O–H groups in total. The monoisotopic (exact) mass is 538 g/mol. The second kappa shape index (κ2) is 11.1. The number of benzene rings is 1. The Morgan fingerprint density at radius 3 is 2.39 bits per heavy atom. The van der Waals surface area contributed by atoms with Gasteiger partial charge in [-0.15, -0.1) is 0 Å². The summed E-state index contributed by atoms with van der Waals surface area (Å²) >= 11 is 0. The highest BCUT2D eigenvalue weighted by atomic mass is 32.2. The fourth-order valence-corrected chi connectivity index (χ4v) is 6.55. The van der Waals surface area contributed by atoms with E-state index in [9.17, 15) is 18.0 Å². The number of hydrogen-bond acceptors (Lipinski definition) is 6. The number of nitrogens with one attached hydrogen (secondary N) is 1. The van der Waals surface area contributed by atoms with Crippen LogP contribution in [0.4, 0.5) is 0 Å². The molecule has 1 unspecified atom stereocenters. The molecule has 2 aromatic rings. The summed E-state index contributed by atoms with van der Waals surface area (Å²) < 4.78 is 23.4. The Morgan fingerprint density at radius 1 is 1.08 bits per heavy atom. The molecule has 1 saturated carbocycles. The quantitative estimate of drug-likeness (QED) is 0.526. The van der Waals surface area contributed by atoms with Gasteiger partial charge in [0, 0.05) is 38.0 Å². The van der Waals surface area contributed by atoms with Gasteiger partial charge in [0.2, 0.25) is 11.8 Å². The van der Waals surface area contributed by atoms with Gasteiger partial charge in [0.25, 0.3) is 0 Å². The number of likely N-dealkylation sites (tertiary alicyclic amines) is 2. The van der Waals surface area contributed by atoms with Crippen LogP contribution in [0.15, 0.2) is 53.6 Å². The average molecular weight is 539 g/mol. The van der Waals surface area contributed by atoms with Gasteiger partial charge in [-0.05, 0) is 81.4 Å². The van der Waals surface area contributed by atoms with E-state index in [1.807, 2.05) is 23.1 Å². The predicted octanol–water partition coefficient (Wildman–Crippen LogP) is 3.35. The van der Waals surface area contributed by atoms with Crippen LogP contribution in [0, 0.1) is 11.3 Å². The molecule has 1 aromatic carbocycles. The van der Waals surface area contributed by atoms with Crippen molar-refractivity contribution in [2.45, 2.75) is 62.4 Å². The minimum absolute atomic E-state index is 0.0992. The molecule has 3 fully saturated rings. The highest BCUT2D eigenvalue weighted by Crippen LogP contribution is 2.42. The lowest BCUT2D eigenvalue weighted by atomic mass is 9.77. The van der Waals surface area contributed by atoms with E-state index < -0.39 is 9.84 Å². The highest BCUT2D eigenvalue weighted by Gasteiger charge is 2.47. The van der Waals surface area contributed by atoms with Crippen molar-refractivity contribution in [2.75, 3.05) is 32.4 Å². The van der Waals surface area contributed by atoms with Crippen molar-refractivity contribution in [1.82, 2.24) is 20.1 Å². The maximum absolute atomic E-state index is 13.4. The third-order valence-corrected chi connectivity index (χ3v) is 9.84. The third kappa shape index (κ3) is 5.94. The fourth-order valence-electron chi connectivity index (χ4n) is 5.92. The molecular formula is C29H38N4O4S. The Bertz CT molecular complexity index is 1240. The van der Waals surface area contributed by atoms with Gasteiger partial charge in [0.1, 0.15) is 0 Å². The first-order valence-electron chi connectivity index (χ1n) is 13.8. The summed E-state index contributed by atoms with van der Waals surface area (Å²) in [5.74, 6) is 0.514. The zero-order valence-corrected chi connectivity index (χ0v) is 23.0. The summed E-state index contributed by atoms with van der Waals surface area (Å²) in [6.07, 6.45) is 9.43. The summed E-state index contributed by atoms with van der Waals surface area (Å²) in [4.78, 5) is 35.3. The summed E-state index contributed by atoms with van der Waals surface area (Å²) in [5, 5.41) is 3.25. The Morgan fingerprint density at radius 2 is 1.79 bits per heavy atom. The lowest BCUT2D eigenvalue weighted by molar-refractivity contribution is -0.139. The van der Waals surface area contributed by atoms with E-state index in [1.54, 1.807) is 30.5 Å². The summed E-state index contributed by atoms with van der Waals surface area (Å²) in [6.45, 7) is 3.84. The maximum atomic E-state index is 13.4. The van der Waals surface area contributed by atoms with Crippen LogP contribution in [-0.2, 0) is 26.0 Å². The Labute approximate surface area is 225 Å². The number of rotatable bonds is 9. The topological polar surface area (TPSA) is 99.7 Å². The van der Waals surface area contributed by atoms with E-state index in [2.05, 4.69) is 15.2 Å². The van der Waals surface area contributed by atoms with Crippen LogP contribution >= 0.6 is 0 Å². The molecule has 8 nitrogen and oxygen atoms in total. The molecule has 9 heteroatoms. The largest absolute Gasteiger partial charge is 0.347 e. The van der Waals surface area contributed by atoms with Crippen molar-refractivity contribution < 1.29 is 18.0 Å². The summed E-state index contributed by atoms with van der Waals surface area (Å²) in [5.41, 5.74) is 1.56. The second-order valence-corrected chi connectivity index (χ2v) is 13.3. The number of sulfone groups is 1. The third-order valence-electron chi connectivity index (χ3n) is 8.71. The Kier molecular flexibility index (Phi) is 7.86. The molecule has 5 rings (SSSR count). The van der Waals surface area contributed by atoms with E-state index in [4.69, 9.17) is 0 Å². The van der Waals surface area contributed by atoms with Gasteiger partial charge in [-0.3, -0.25) is 14.6 Å². The van der Waals surface area contributed by atoms with E-state index in [0.717, 1.165) is 82.4 Å².